The summed E-state index contributed by atoms with van der Waals surface area (Å²) in [4.78, 5) is 25.8. The third kappa shape index (κ3) is 2.14. The molecule has 0 fully saturated rings. The second-order valence-electron chi connectivity index (χ2n) is 4.34. The summed E-state index contributed by atoms with van der Waals surface area (Å²) < 4.78 is 14.3. The number of imidazole rings is 1. The van der Waals surface area contributed by atoms with E-state index in [2.05, 4.69) is 4.98 Å². The maximum Gasteiger partial charge on any atom is 0.286 e. The van der Waals surface area contributed by atoms with Crippen molar-refractivity contribution < 1.29 is 14.1 Å². The molecule has 0 bridgehead atoms. The first-order valence-corrected chi connectivity index (χ1v) is 5.98. The highest BCUT2D eigenvalue weighted by Gasteiger charge is 2.16. The number of benzene rings is 1. The van der Waals surface area contributed by atoms with Crippen LogP contribution in [0.1, 0.15) is 10.5 Å². The zero-order valence-electron chi connectivity index (χ0n) is 10.6. The van der Waals surface area contributed by atoms with Crippen molar-refractivity contribution in [2.75, 3.05) is 0 Å². The average Bonchev–Trinajstić information content (AvgIpc) is 2.85. The molecule has 0 saturated carbocycles. The summed E-state index contributed by atoms with van der Waals surface area (Å²) in [6.07, 6.45) is 1.81. The van der Waals surface area contributed by atoms with Crippen LogP contribution in [-0.4, -0.2) is 20.6 Å². The van der Waals surface area contributed by atoms with Crippen LogP contribution in [0.2, 0.25) is 0 Å². The van der Waals surface area contributed by atoms with Crippen LogP contribution in [0.15, 0.2) is 42.6 Å². The van der Waals surface area contributed by atoms with Gasteiger partial charge in [0.05, 0.1) is 11.1 Å². The largest absolute Gasteiger partial charge is 0.296 e. The molecule has 2 heterocycles. The normalized spacial score (nSPS) is 10.7. The van der Waals surface area contributed by atoms with Crippen molar-refractivity contribution in [1.82, 2.24) is 9.38 Å². The molecule has 1 aromatic carbocycles. The number of carbonyl (C=O) groups excluding carboxylic acids is 1. The number of aromatic nitrogens is 2. The summed E-state index contributed by atoms with van der Waals surface area (Å²) in [5.74, 6) is -0.397. The quantitative estimate of drug-likeness (QED) is 0.421. The Morgan fingerprint density at radius 2 is 1.90 bits per heavy atom. The topological polar surface area (TPSA) is 77.5 Å². The van der Waals surface area contributed by atoms with Gasteiger partial charge >= 0.3 is 0 Å². The molecule has 2 aromatic heterocycles. The van der Waals surface area contributed by atoms with E-state index in [-0.39, 0.29) is 11.4 Å². The Kier molecular flexibility index (Phi) is 2.94. The van der Waals surface area contributed by atoms with Crippen LogP contribution < -0.4 is 0 Å². The predicted molar refractivity (Wildman–Crippen MR) is 72.6 cm³/mol. The molecule has 0 amide bonds. The minimum atomic E-state index is -0.550. The van der Waals surface area contributed by atoms with Gasteiger partial charge in [0.1, 0.15) is 22.9 Å². The number of aldehydes is 1. The molecular formula is C14H8FN3O3. The Morgan fingerprint density at radius 3 is 2.52 bits per heavy atom. The van der Waals surface area contributed by atoms with Crippen molar-refractivity contribution in [3.05, 3.63) is 64.2 Å². The van der Waals surface area contributed by atoms with Gasteiger partial charge in [0.2, 0.25) is 0 Å². The van der Waals surface area contributed by atoms with Crippen molar-refractivity contribution in [2.24, 2.45) is 0 Å². The molecule has 0 N–H and O–H groups in total. The fourth-order valence-corrected chi connectivity index (χ4v) is 2.09. The molecular weight excluding hydrogens is 277 g/mol. The van der Waals surface area contributed by atoms with Crippen LogP contribution in [0.5, 0.6) is 0 Å². The lowest BCUT2D eigenvalue weighted by Gasteiger charge is -1.98. The molecule has 0 saturated heterocycles. The van der Waals surface area contributed by atoms with Crippen LogP contribution in [0.3, 0.4) is 0 Å². The zero-order valence-corrected chi connectivity index (χ0v) is 10.6. The summed E-state index contributed by atoms with van der Waals surface area (Å²) in [7, 11) is 0. The third-order valence-electron chi connectivity index (χ3n) is 3.08. The Hall–Kier alpha value is -3.09. The first-order chi connectivity index (χ1) is 10.1. The van der Waals surface area contributed by atoms with Crippen molar-refractivity contribution in [2.45, 2.75) is 0 Å². The monoisotopic (exact) mass is 285 g/mol. The molecule has 0 aliphatic rings. The fourth-order valence-electron chi connectivity index (χ4n) is 2.09. The zero-order chi connectivity index (χ0) is 15.0. The van der Waals surface area contributed by atoms with E-state index in [1.807, 2.05) is 0 Å². The molecule has 7 heteroatoms. The Balaban J connectivity index is 2.26. The molecule has 0 spiro atoms. The number of hydrogen-bond acceptors (Lipinski definition) is 4. The molecule has 6 nitrogen and oxygen atoms in total. The number of rotatable bonds is 3. The summed E-state index contributed by atoms with van der Waals surface area (Å²) in [6, 6.07) is 8.29. The highest BCUT2D eigenvalue weighted by atomic mass is 19.1. The first-order valence-electron chi connectivity index (χ1n) is 5.98. The van der Waals surface area contributed by atoms with Gasteiger partial charge in [-0.05, 0) is 30.3 Å². The minimum Gasteiger partial charge on any atom is -0.296 e. The Labute approximate surface area is 117 Å². The second-order valence-corrected chi connectivity index (χ2v) is 4.34. The average molecular weight is 285 g/mol. The highest BCUT2D eigenvalue weighted by molar-refractivity contribution is 5.86. The van der Waals surface area contributed by atoms with Gasteiger partial charge in [-0.25, -0.2) is 9.37 Å². The van der Waals surface area contributed by atoms with Gasteiger partial charge in [0.25, 0.3) is 5.69 Å². The van der Waals surface area contributed by atoms with Gasteiger partial charge in [-0.15, -0.1) is 0 Å². The molecule has 3 aromatic rings. The number of nitrogens with zero attached hydrogens (tertiary/aromatic N) is 3. The molecule has 0 aliphatic heterocycles. The molecule has 3 rings (SSSR count). The van der Waals surface area contributed by atoms with Crippen molar-refractivity contribution >= 4 is 17.6 Å². The molecule has 0 aliphatic carbocycles. The van der Waals surface area contributed by atoms with Gasteiger partial charge in [0, 0.05) is 11.6 Å². The van der Waals surface area contributed by atoms with E-state index in [0.29, 0.717) is 23.2 Å². The van der Waals surface area contributed by atoms with E-state index < -0.39 is 10.7 Å². The lowest BCUT2D eigenvalue weighted by molar-refractivity contribution is -0.385. The van der Waals surface area contributed by atoms with E-state index in [0.717, 1.165) is 0 Å². The van der Waals surface area contributed by atoms with Crippen LogP contribution in [0.4, 0.5) is 10.1 Å². The highest BCUT2D eigenvalue weighted by Crippen LogP contribution is 2.25. The predicted octanol–water partition coefficient (Wildman–Crippen LogP) is 2.86. The second kappa shape index (κ2) is 4.78. The SMILES string of the molecule is O=Cc1c(-c2ccc(F)cc2)nc2ccc([N+](=O)[O-])cn12. The lowest BCUT2D eigenvalue weighted by atomic mass is 10.1. The van der Waals surface area contributed by atoms with Crippen molar-refractivity contribution in [3.63, 3.8) is 0 Å². The molecule has 21 heavy (non-hydrogen) atoms. The van der Waals surface area contributed by atoms with Crippen molar-refractivity contribution in [1.29, 1.82) is 0 Å². The Morgan fingerprint density at radius 1 is 1.19 bits per heavy atom. The maximum absolute atomic E-state index is 13.0. The van der Waals surface area contributed by atoms with Gasteiger partial charge in [-0.1, -0.05) is 0 Å². The molecule has 0 radical (unpaired) electrons. The summed E-state index contributed by atoms with van der Waals surface area (Å²) in [5.41, 5.74) is 1.35. The van der Waals surface area contributed by atoms with E-state index >= 15 is 0 Å². The van der Waals surface area contributed by atoms with E-state index in [9.17, 15) is 19.3 Å². The Bertz CT molecular complexity index is 856. The van der Waals surface area contributed by atoms with Crippen LogP contribution >= 0.6 is 0 Å². The summed E-state index contributed by atoms with van der Waals surface area (Å²) in [6.45, 7) is 0. The van der Waals surface area contributed by atoms with Crippen LogP contribution in [0, 0.1) is 15.9 Å². The minimum absolute atomic E-state index is 0.145. The molecule has 0 atom stereocenters. The van der Waals surface area contributed by atoms with Gasteiger partial charge in [0.15, 0.2) is 6.29 Å². The standard InChI is InChI=1S/C14H8FN3O3/c15-10-3-1-9(2-4-10)14-12(8-19)17-7-11(18(20)21)5-6-13(17)16-14/h1-8H. The third-order valence-corrected chi connectivity index (χ3v) is 3.08. The smallest absolute Gasteiger partial charge is 0.286 e. The number of nitro groups is 1. The van der Waals surface area contributed by atoms with Gasteiger partial charge in [-0.3, -0.25) is 19.3 Å². The number of carbonyl (C=O) groups is 1. The molecule has 104 valence electrons. The number of fused-ring (bicyclic) bond motifs is 1. The van der Waals surface area contributed by atoms with E-state index in [4.69, 9.17) is 0 Å². The summed E-state index contributed by atoms with van der Waals surface area (Å²) >= 11 is 0. The first kappa shape index (κ1) is 12.9. The lowest BCUT2D eigenvalue weighted by Crippen LogP contribution is -1.95. The number of halogens is 1. The number of pyridine rings is 1. The van der Waals surface area contributed by atoms with E-state index in [1.54, 1.807) is 0 Å². The van der Waals surface area contributed by atoms with Gasteiger partial charge < -0.3 is 0 Å². The molecule has 0 unspecified atom stereocenters. The number of hydrogen-bond donors (Lipinski definition) is 0. The maximum atomic E-state index is 13.0. The fraction of sp³-hybridized carbons (Fsp3) is 0. The van der Waals surface area contributed by atoms with Gasteiger partial charge in [-0.2, -0.15) is 0 Å². The van der Waals surface area contributed by atoms with Crippen molar-refractivity contribution in [3.8, 4) is 11.3 Å². The van der Waals surface area contributed by atoms with E-state index in [1.165, 1.54) is 47.0 Å². The van der Waals surface area contributed by atoms with Crippen LogP contribution in [-0.2, 0) is 0 Å². The summed E-state index contributed by atoms with van der Waals surface area (Å²) in [5, 5.41) is 10.8. The van der Waals surface area contributed by atoms with Crippen LogP contribution in [0.25, 0.3) is 16.9 Å².